The minimum Gasteiger partial charge on any atom is -0.493 e. The van der Waals surface area contributed by atoms with Crippen molar-refractivity contribution in [1.82, 2.24) is 9.80 Å². The Kier molecular flexibility index (Phi) is 22.9. The molecule has 27 heteroatoms. The summed E-state index contributed by atoms with van der Waals surface area (Å²) in [5.74, 6) is 1.35. The smallest absolute Gasteiger partial charge is 0.416 e. The molecule has 2 fully saturated rings. The molecule has 0 spiro atoms. The fourth-order valence-corrected chi connectivity index (χ4v) is 12.7. The second-order valence-corrected chi connectivity index (χ2v) is 25.0. The quantitative estimate of drug-likeness (QED) is 0.0232. The number of ether oxygens (including phenoxy) is 9. The molecule has 10 rings (SSSR count). The first-order valence-electron chi connectivity index (χ1n) is 32.2. The zero-order valence-electron chi connectivity index (χ0n) is 54.4. The van der Waals surface area contributed by atoms with Crippen LogP contribution in [-0.4, -0.2) is 200 Å². The monoisotopic (exact) mass is 1350 g/mol. The highest BCUT2D eigenvalue weighted by Crippen LogP contribution is 2.44. The molecule has 0 bridgehead atoms. The molecule has 27 nitrogen and oxygen atoms in total. The van der Waals surface area contributed by atoms with Gasteiger partial charge < -0.3 is 93.3 Å². The van der Waals surface area contributed by atoms with Crippen molar-refractivity contribution >= 4 is 46.9 Å². The second-order valence-electron chi connectivity index (χ2n) is 25.0. The Labute approximate surface area is 559 Å². The molecule has 4 amide bonds. The number of terminal acetylenes is 1. The number of aryl methyl sites for hydroxylation is 1. The topological polar surface area (TPSA) is 360 Å². The van der Waals surface area contributed by atoms with Gasteiger partial charge in [-0.25, -0.2) is 19.4 Å². The van der Waals surface area contributed by atoms with E-state index < -0.39 is 117 Å². The summed E-state index contributed by atoms with van der Waals surface area (Å²) in [5, 5.41) is 86.1. The van der Waals surface area contributed by atoms with Gasteiger partial charge in [-0.2, -0.15) is 0 Å². The maximum absolute atomic E-state index is 14.5. The third-order valence-corrected chi connectivity index (χ3v) is 17.9. The highest BCUT2D eigenvalue weighted by atomic mass is 16.7. The molecule has 4 aromatic rings. The second kappa shape index (κ2) is 31.3. The molecule has 5 aliphatic heterocycles. The summed E-state index contributed by atoms with van der Waals surface area (Å²) in [6.45, 7) is 4.71. The molecule has 0 aromatic heterocycles. The number of hydrogen-bond acceptors (Lipinski definition) is 23. The Morgan fingerprint density at radius 2 is 1.11 bits per heavy atom. The van der Waals surface area contributed by atoms with E-state index in [1.165, 1.54) is 72.6 Å². The van der Waals surface area contributed by atoms with Crippen LogP contribution in [0.15, 0.2) is 84.2 Å². The Morgan fingerprint density at radius 3 is 1.68 bits per heavy atom. The van der Waals surface area contributed by atoms with E-state index in [1.807, 2.05) is 6.92 Å². The van der Waals surface area contributed by atoms with Crippen LogP contribution in [-0.2, 0) is 32.2 Å². The zero-order chi connectivity index (χ0) is 69.5. The number of anilines is 2. The highest BCUT2D eigenvalue weighted by molar-refractivity contribution is 6.08. The van der Waals surface area contributed by atoms with E-state index in [0.29, 0.717) is 48.1 Å². The van der Waals surface area contributed by atoms with Crippen LogP contribution in [0.4, 0.5) is 21.0 Å². The molecular weight excluding hydrogens is 1260 g/mol. The van der Waals surface area contributed by atoms with Crippen molar-refractivity contribution in [1.29, 1.82) is 0 Å². The number of ketones is 2. The van der Waals surface area contributed by atoms with Crippen LogP contribution in [0.2, 0.25) is 0 Å². The first kappa shape index (κ1) is 71.1. The summed E-state index contributed by atoms with van der Waals surface area (Å²) < 4.78 is 52.5. The van der Waals surface area contributed by atoms with Crippen LogP contribution in [0, 0.1) is 19.3 Å². The number of amides is 4. The normalized spacial score (nSPS) is 25.1. The van der Waals surface area contributed by atoms with Gasteiger partial charge >= 0.3 is 12.2 Å². The highest BCUT2D eigenvalue weighted by Gasteiger charge is 2.48. The summed E-state index contributed by atoms with van der Waals surface area (Å²) in [4.78, 5) is 89.5. The lowest BCUT2D eigenvalue weighted by Crippen LogP contribution is -2.54. The van der Waals surface area contributed by atoms with Gasteiger partial charge in [0.15, 0.2) is 35.5 Å². The molecule has 12 atom stereocenters. The predicted octanol–water partition coefficient (Wildman–Crippen LogP) is 5.47. The largest absolute Gasteiger partial charge is 0.493 e. The Bertz CT molecular complexity index is 3720. The van der Waals surface area contributed by atoms with E-state index in [4.69, 9.17) is 49.1 Å². The van der Waals surface area contributed by atoms with E-state index in [1.54, 1.807) is 38.4 Å². The van der Waals surface area contributed by atoms with Crippen molar-refractivity contribution in [3.05, 3.63) is 123 Å². The van der Waals surface area contributed by atoms with Gasteiger partial charge in [0.2, 0.25) is 6.29 Å². The van der Waals surface area contributed by atoms with Gasteiger partial charge in [-0.05, 0) is 125 Å². The van der Waals surface area contributed by atoms with Crippen LogP contribution < -0.4 is 33.5 Å². The molecule has 5 heterocycles. The van der Waals surface area contributed by atoms with Crippen molar-refractivity contribution in [2.75, 3.05) is 50.4 Å². The van der Waals surface area contributed by atoms with Gasteiger partial charge in [0.05, 0.1) is 78.7 Å². The van der Waals surface area contributed by atoms with Crippen molar-refractivity contribution < 1.29 is 112 Å². The standard InChI is InChI=1S/C70H82N4O23/c1-7-8-13-50(75)44-27-40(15-18-54(44)96-56-20-17-52(77)60(79)62(56)81)34-94-69(87)73-46-30-57(39(4)26-42(46)64(83)71-32-37(2)24-48(71)66(73)85)91-22-10-9-11-23-92-59-31-47-43(29-58(59)90-6)65(84)72-33-38(3)25-49(72)67(86)74(47)70(88)95-35-41-16-19-55(45(28-41)51(76)14-12-21-89-5)97-68-63(82)61(80)53(78)36-93-68/h1,15-16,18-19,26-33,48-49,52-53,56,60-63,66-68,77-82,85-86H,8-14,17,20-25,34-36H2,2-6H3/t48-,49-,52+,53+,56+,60-,61-,62-,63+,66?,67?,68-/m0/s1. The van der Waals surface area contributed by atoms with Crippen LogP contribution in [0.5, 0.6) is 28.7 Å². The zero-order valence-corrected chi connectivity index (χ0v) is 54.4. The average Bonchev–Trinajstić information content (AvgIpc) is 1.63. The number of carbonyl (C=O) groups excluding carboxylic acids is 6. The number of benzene rings is 4. The Hall–Kier alpha value is -8.66. The summed E-state index contributed by atoms with van der Waals surface area (Å²) in [5.41, 5.74) is 3.01. The number of rotatable bonds is 25. The molecule has 97 heavy (non-hydrogen) atoms. The molecule has 8 N–H and O–H groups in total. The fourth-order valence-electron chi connectivity index (χ4n) is 12.7. The number of hydrogen-bond donors (Lipinski definition) is 8. The lowest BCUT2D eigenvalue weighted by atomic mass is 9.89. The van der Waals surface area contributed by atoms with Gasteiger partial charge in [-0.3, -0.25) is 19.2 Å². The number of carbonyl (C=O) groups is 6. The molecule has 1 saturated carbocycles. The fraction of sp³-hybridized carbons (Fsp3) is 0.486. The number of Topliss-reactive ketones (excluding diaryl/α,β-unsaturated/α-hetero) is 2. The van der Waals surface area contributed by atoms with E-state index in [9.17, 15) is 69.6 Å². The first-order valence-corrected chi connectivity index (χ1v) is 32.2. The lowest BCUT2D eigenvalue weighted by molar-refractivity contribution is -0.242. The van der Waals surface area contributed by atoms with Crippen molar-refractivity contribution in [3.8, 4) is 41.1 Å². The maximum atomic E-state index is 14.5. The van der Waals surface area contributed by atoms with Gasteiger partial charge in [0.1, 0.15) is 67.1 Å². The molecule has 4 aromatic carbocycles. The minimum absolute atomic E-state index is 0.00153. The van der Waals surface area contributed by atoms with Crippen LogP contribution in [0.25, 0.3) is 0 Å². The van der Waals surface area contributed by atoms with Gasteiger partial charge in [-0.15, -0.1) is 12.3 Å². The number of aliphatic hydroxyl groups is 8. The number of fused-ring (bicyclic) bond motifs is 4. The van der Waals surface area contributed by atoms with Gasteiger partial charge in [0, 0.05) is 57.5 Å². The summed E-state index contributed by atoms with van der Waals surface area (Å²) in [7, 11) is 2.88. The third-order valence-electron chi connectivity index (χ3n) is 17.9. The van der Waals surface area contributed by atoms with E-state index in [0.717, 1.165) is 20.9 Å². The third kappa shape index (κ3) is 15.5. The maximum Gasteiger partial charge on any atom is 0.416 e. The average molecular weight is 1350 g/mol. The number of unbranched alkanes of at least 4 members (excludes halogenated alkanes) is 2. The Balaban J connectivity index is 0.809. The SMILES string of the molecule is C#CCCC(=O)c1cc(COC(=O)N2c3cc(OCCCCCOc4cc5c(cc4OC)C(=O)N4C=C(C)C[C@H]4C(O)N5C(=O)OCc4ccc(O[C@@H]5OC[C@@H](O)[C@H](O)[C@H]5O)c(C(=O)CCCOC)c4)c(C)cc3C(=O)N3C=C(C)C[C@H]3C2O)ccc1O[C@@H]1CC[C@@H](O)[C@H](O)[C@H]1O. The molecular formula is C70H82N4O23. The number of methoxy groups -OCH3 is 2. The van der Waals surface area contributed by atoms with E-state index in [2.05, 4.69) is 5.92 Å². The van der Waals surface area contributed by atoms with E-state index in [-0.39, 0.29) is 134 Å². The Morgan fingerprint density at radius 1 is 0.577 bits per heavy atom. The number of aliphatic hydroxyl groups excluding tert-OH is 8. The van der Waals surface area contributed by atoms with Gasteiger partial charge in [0.25, 0.3) is 11.8 Å². The molecule has 0 radical (unpaired) electrons. The number of nitrogens with zero attached hydrogens (tertiary/aromatic N) is 4. The summed E-state index contributed by atoms with van der Waals surface area (Å²) >= 11 is 0. The molecule has 2 unspecified atom stereocenters. The summed E-state index contributed by atoms with van der Waals surface area (Å²) in [6.07, 6.45) is -4.85. The van der Waals surface area contributed by atoms with Gasteiger partial charge in [-0.1, -0.05) is 23.3 Å². The van der Waals surface area contributed by atoms with Crippen LogP contribution in [0.3, 0.4) is 0 Å². The molecule has 520 valence electrons. The lowest BCUT2D eigenvalue weighted by Gasteiger charge is -2.35. The molecule has 6 aliphatic rings. The van der Waals surface area contributed by atoms with Crippen molar-refractivity contribution in [2.24, 2.45) is 0 Å². The van der Waals surface area contributed by atoms with Crippen molar-refractivity contribution in [2.45, 2.75) is 178 Å². The predicted molar refractivity (Wildman–Crippen MR) is 344 cm³/mol. The molecule has 1 saturated heterocycles. The first-order chi connectivity index (χ1) is 46.5. The minimum atomic E-state index is -1.65. The van der Waals surface area contributed by atoms with Crippen LogP contribution in [0.1, 0.15) is 143 Å². The summed E-state index contributed by atoms with van der Waals surface area (Å²) in [6, 6.07) is 13.0. The molecule has 1 aliphatic carbocycles. The van der Waals surface area contributed by atoms with Crippen molar-refractivity contribution in [3.63, 3.8) is 0 Å². The van der Waals surface area contributed by atoms with E-state index >= 15 is 0 Å². The van der Waals surface area contributed by atoms with Crippen LogP contribution >= 0.6 is 0 Å².